The number of nitrogens with zero attached hydrogens (tertiary/aromatic N) is 2. The molecule has 0 aromatic heterocycles. The van der Waals surface area contributed by atoms with E-state index in [0.29, 0.717) is 18.6 Å². The quantitative estimate of drug-likeness (QED) is 0.914. The Morgan fingerprint density at radius 1 is 1.35 bits per heavy atom. The lowest BCUT2D eigenvalue weighted by Gasteiger charge is -2.44. The van der Waals surface area contributed by atoms with Crippen LogP contribution >= 0.6 is 0 Å². The molecule has 0 amide bonds. The first-order chi connectivity index (χ1) is 9.72. The van der Waals surface area contributed by atoms with Crippen LogP contribution in [0.2, 0.25) is 0 Å². The standard InChI is InChI=1S/C16H25N3O/c1-12-10-18-7-3-4-14(18)11-19(12)16-8-15(20-2)6-5-13(16)9-17/h5-6,8,12,14H,3-4,7,9-11,17H2,1-2H3. The number of nitrogens with two attached hydrogens (primary N) is 1. The summed E-state index contributed by atoms with van der Waals surface area (Å²) in [5.41, 5.74) is 8.39. The van der Waals surface area contributed by atoms with E-state index in [1.54, 1.807) is 7.11 Å². The molecule has 2 saturated heterocycles. The van der Waals surface area contributed by atoms with Crippen LogP contribution in [0, 0.1) is 0 Å². The van der Waals surface area contributed by atoms with Gasteiger partial charge in [0.25, 0.3) is 0 Å². The third-order valence-electron chi connectivity index (χ3n) is 4.76. The predicted octanol–water partition coefficient (Wildman–Crippen LogP) is 1.83. The highest BCUT2D eigenvalue weighted by molar-refractivity contribution is 5.58. The van der Waals surface area contributed by atoms with Crippen LogP contribution in [0.3, 0.4) is 0 Å². The molecule has 2 N–H and O–H groups in total. The number of hydrogen-bond acceptors (Lipinski definition) is 4. The van der Waals surface area contributed by atoms with E-state index in [0.717, 1.165) is 18.8 Å². The minimum atomic E-state index is 0.529. The maximum Gasteiger partial charge on any atom is 0.120 e. The first-order valence-electron chi connectivity index (χ1n) is 7.60. The van der Waals surface area contributed by atoms with Crippen LogP contribution < -0.4 is 15.4 Å². The summed E-state index contributed by atoms with van der Waals surface area (Å²) >= 11 is 0. The summed E-state index contributed by atoms with van der Waals surface area (Å²) in [6.07, 6.45) is 2.66. The zero-order valence-corrected chi connectivity index (χ0v) is 12.5. The summed E-state index contributed by atoms with van der Waals surface area (Å²) in [4.78, 5) is 5.17. The number of benzene rings is 1. The van der Waals surface area contributed by atoms with Gasteiger partial charge in [0.2, 0.25) is 0 Å². The maximum atomic E-state index is 5.92. The summed E-state index contributed by atoms with van der Waals surface area (Å²) in [5, 5.41) is 0. The van der Waals surface area contributed by atoms with Crippen LogP contribution in [-0.4, -0.2) is 43.7 Å². The molecule has 20 heavy (non-hydrogen) atoms. The first kappa shape index (κ1) is 13.7. The second-order valence-corrected chi connectivity index (χ2v) is 5.99. The van der Waals surface area contributed by atoms with Gasteiger partial charge >= 0.3 is 0 Å². The van der Waals surface area contributed by atoms with E-state index in [9.17, 15) is 0 Å². The number of ether oxygens (including phenoxy) is 1. The summed E-state index contributed by atoms with van der Waals surface area (Å²) in [6, 6.07) is 7.48. The van der Waals surface area contributed by atoms with Gasteiger partial charge in [-0.15, -0.1) is 0 Å². The van der Waals surface area contributed by atoms with Crippen molar-refractivity contribution in [1.82, 2.24) is 4.90 Å². The van der Waals surface area contributed by atoms with Gasteiger partial charge in [0.15, 0.2) is 0 Å². The topological polar surface area (TPSA) is 41.7 Å². The Morgan fingerprint density at radius 2 is 2.20 bits per heavy atom. The van der Waals surface area contributed by atoms with Crippen LogP contribution in [-0.2, 0) is 6.54 Å². The lowest BCUT2D eigenvalue weighted by molar-refractivity contribution is 0.202. The Bertz CT molecular complexity index is 477. The highest BCUT2D eigenvalue weighted by Crippen LogP contribution is 2.32. The lowest BCUT2D eigenvalue weighted by atomic mass is 10.0. The van der Waals surface area contributed by atoms with Gasteiger partial charge in [0, 0.05) is 43.5 Å². The Labute approximate surface area is 121 Å². The van der Waals surface area contributed by atoms with Crippen LogP contribution in [0.1, 0.15) is 25.3 Å². The van der Waals surface area contributed by atoms with Gasteiger partial charge in [-0.05, 0) is 37.9 Å². The van der Waals surface area contributed by atoms with Gasteiger partial charge in [-0.1, -0.05) is 6.07 Å². The Balaban J connectivity index is 1.90. The second-order valence-electron chi connectivity index (χ2n) is 5.99. The molecule has 110 valence electrons. The van der Waals surface area contributed by atoms with Crippen molar-refractivity contribution in [2.24, 2.45) is 5.73 Å². The third kappa shape index (κ3) is 2.38. The number of fused-ring (bicyclic) bond motifs is 1. The second kappa shape index (κ2) is 5.62. The summed E-state index contributed by atoms with van der Waals surface area (Å²) in [5.74, 6) is 0.915. The predicted molar refractivity (Wildman–Crippen MR) is 82.3 cm³/mol. The van der Waals surface area contributed by atoms with Crippen LogP contribution in [0.5, 0.6) is 5.75 Å². The summed E-state index contributed by atoms with van der Waals surface area (Å²) in [7, 11) is 1.72. The Hall–Kier alpha value is -1.26. The normalized spacial score (nSPS) is 26.6. The SMILES string of the molecule is COc1ccc(CN)c(N2CC3CCCN3CC2C)c1. The average molecular weight is 275 g/mol. The monoisotopic (exact) mass is 275 g/mol. The summed E-state index contributed by atoms with van der Waals surface area (Å²) in [6.45, 7) is 6.43. The van der Waals surface area contributed by atoms with E-state index in [4.69, 9.17) is 10.5 Å². The number of anilines is 1. The van der Waals surface area contributed by atoms with Crippen molar-refractivity contribution < 1.29 is 4.74 Å². The highest BCUT2D eigenvalue weighted by Gasteiger charge is 2.35. The zero-order chi connectivity index (χ0) is 14.1. The van der Waals surface area contributed by atoms with E-state index >= 15 is 0 Å². The molecule has 2 fully saturated rings. The molecule has 1 aromatic carbocycles. The van der Waals surface area contributed by atoms with Crippen molar-refractivity contribution in [1.29, 1.82) is 0 Å². The number of piperazine rings is 1. The molecule has 4 heteroatoms. The van der Waals surface area contributed by atoms with E-state index in [2.05, 4.69) is 28.9 Å². The minimum absolute atomic E-state index is 0.529. The fourth-order valence-corrected chi connectivity index (χ4v) is 3.63. The Kier molecular flexibility index (Phi) is 3.85. The summed E-state index contributed by atoms with van der Waals surface area (Å²) < 4.78 is 5.39. The molecule has 4 nitrogen and oxygen atoms in total. The van der Waals surface area contributed by atoms with Gasteiger partial charge < -0.3 is 15.4 Å². The molecule has 2 unspecified atom stereocenters. The van der Waals surface area contributed by atoms with Crippen LogP contribution in [0.25, 0.3) is 0 Å². The van der Waals surface area contributed by atoms with Crippen molar-refractivity contribution in [2.45, 2.75) is 38.4 Å². The minimum Gasteiger partial charge on any atom is -0.497 e. The van der Waals surface area contributed by atoms with Crippen molar-refractivity contribution in [3.8, 4) is 5.75 Å². The molecule has 2 heterocycles. The van der Waals surface area contributed by atoms with Crippen molar-refractivity contribution in [3.63, 3.8) is 0 Å². The average Bonchev–Trinajstić information content (AvgIpc) is 2.92. The van der Waals surface area contributed by atoms with Gasteiger partial charge in [0.05, 0.1) is 7.11 Å². The van der Waals surface area contributed by atoms with Crippen molar-refractivity contribution >= 4 is 5.69 Å². The molecule has 3 rings (SSSR count). The molecular formula is C16H25N3O. The third-order valence-corrected chi connectivity index (χ3v) is 4.76. The molecule has 0 spiro atoms. The number of methoxy groups -OCH3 is 1. The lowest BCUT2D eigenvalue weighted by Crippen LogP contribution is -2.55. The fourth-order valence-electron chi connectivity index (χ4n) is 3.63. The molecule has 2 aliphatic heterocycles. The van der Waals surface area contributed by atoms with Crippen LogP contribution in [0.15, 0.2) is 18.2 Å². The molecule has 0 saturated carbocycles. The number of rotatable bonds is 3. The van der Waals surface area contributed by atoms with Gasteiger partial charge in [-0.3, -0.25) is 4.90 Å². The van der Waals surface area contributed by atoms with Gasteiger partial charge in [-0.25, -0.2) is 0 Å². The van der Waals surface area contributed by atoms with Gasteiger partial charge in [0.1, 0.15) is 5.75 Å². The zero-order valence-electron chi connectivity index (χ0n) is 12.5. The van der Waals surface area contributed by atoms with Gasteiger partial charge in [-0.2, -0.15) is 0 Å². The molecule has 2 aliphatic rings. The van der Waals surface area contributed by atoms with E-state index in [1.807, 2.05) is 6.07 Å². The van der Waals surface area contributed by atoms with E-state index < -0.39 is 0 Å². The molecule has 0 aliphatic carbocycles. The molecule has 2 atom stereocenters. The first-order valence-corrected chi connectivity index (χ1v) is 7.60. The highest BCUT2D eigenvalue weighted by atomic mass is 16.5. The maximum absolute atomic E-state index is 5.92. The Morgan fingerprint density at radius 3 is 2.95 bits per heavy atom. The fraction of sp³-hybridized carbons (Fsp3) is 0.625. The smallest absolute Gasteiger partial charge is 0.120 e. The largest absolute Gasteiger partial charge is 0.497 e. The molecule has 1 aromatic rings. The molecule has 0 bridgehead atoms. The van der Waals surface area contributed by atoms with E-state index in [1.165, 1.54) is 30.6 Å². The van der Waals surface area contributed by atoms with Crippen LogP contribution in [0.4, 0.5) is 5.69 Å². The van der Waals surface area contributed by atoms with Crippen molar-refractivity contribution in [2.75, 3.05) is 31.6 Å². The van der Waals surface area contributed by atoms with E-state index in [-0.39, 0.29) is 0 Å². The molecular weight excluding hydrogens is 250 g/mol. The number of hydrogen-bond donors (Lipinski definition) is 1. The van der Waals surface area contributed by atoms with Crippen molar-refractivity contribution in [3.05, 3.63) is 23.8 Å². The molecule has 0 radical (unpaired) electrons.